The molecule has 1 saturated heterocycles. The second kappa shape index (κ2) is 4.66. The van der Waals surface area contributed by atoms with Crippen molar-refractivity contribution in [3.8, 4) is 0 Å². The van der Waals surface area contributed by atoms with E-state index >= 15 is 0 Å². The molecule has 0 spiro atoms. The van der Waals surface area contributed by atoms with Gasteiger partial charge in [-0.1, -0.05) is 27.5 Å². The monoisotopic (exact) mass is 317 g/mol. The van der Waals surface area contributed by atoms with Gasteiger partial charge in [0.05, 0.1) is 16.6 Å². The van der Waals surface area contributed by atoms with E-state index in [1.54, 1.807) is 18.2 Å². The smallest absolute Gasteiger partial charge is 0.308 e. The summed E-state index contributed by atoms with van der Waals surface area (Å²) in [6, 6.07) is 5.15. The van der Waals surface area contributed by atoms with Crippen molar-refractivity contribution < 1.29 is 14.7 Å². The van der Waals surface area contributed by atoms with Crippen LogP contribution in [-0.4, -0.2) is 23.5 Å². The maximum absolute atomic E-state index is 11.7. The van der Waals surface area contributed by atoms with Crippen LogP contribution in [0.5, 0.6) is 0 Å². The Kier molecular flexibility index (Phi) is 3.40. The predicted molar refractivity (Wildman–Crippen MR) is 67.2 cm³/mol. The standard InChI is InChI=1S/C11H9BrClNO3/c12-7-1-2-9(8(13)4-7)14-5-6(11(16)17)3-10(14)15/h1-2,4,6H,3,5H2,(H,16,17). The Morgan fingerprint density at radius 2 is 2.24 bits per heavy atom. The molecule has 0 aromatic heterocycles. The Labute approximate surface area is 111 Å². The first-order chi connectivity index (χ1) is 7.99. The number of nitrogens with zero attached hydrogens (tertiary/aromatic N) is 1. The zero-order chi connectivity index (χ0) is 12.6. The van der Waals surface area contributed by atoms with Gasteiger partial charge in [0.2, 0.25) is 5.91 Å². The van der Waals surface area contributed by atoms with E-state index in [1.807, 2.05) is 0 Å². The number of carboxylic acid groups (broad SMARTS) is 1. The highest BCUT2D eigenvalue weighted by Gasteiger charge is 2.35. The number of amides is 1. The number of carbonyl (C=O) groups is 2. The van der Waals surface area contributed by atoms with Crippen molar-refractivity contribution >= 4 is 45.1 Å². The molecule has 1 atom stereocenters. The SMILES string of the molecule is O=C(O)C1CC(=O)N(c2ccc(Br)cc2Cl)C1. The molecule has 1 aromatic rings. The molecule has 0 saturated carbocycles. The Bertz CT molecular complexity index is 492. The summed E-state index contributed by atoms with van der Waals surface area (Å²) in [6.45, 7) is 0.176. The van der Waals surface area contributed by atoms with Gasteiger partial charge in [-0.2, -0.15) is 0 Å². The van der Waals surface area contributed by atoms with Gasteiger partial charge in [0, 0.05) is 17.4 Å². The Morgan fingerprint density at radius 3 is 2.76 bits per heavy atom. The third-order valence-electron chi connectivity index (χ3n) is 2.67. The van der Waals surface area contributed by atoms with Crippen molar-refractivity contribution in [2.75, 3.05) is 11.4 Å². The minimum Gasteiger partial charge on any atom is -0.481 e. The molecule has 4 nitrogen and oxygen atoms in total. The average molecular weight is 319 g/mol. The number of carboxylic acids is 1. The summed E-state index contributed by atoms with van der Waals surface area (Å²) in [7, 11) is 0. The van der Waals surface area contributed by atoms with Crippen molar-refractivity contribution in [1.29, 1.82) is 0 Å². The lowest BCUT2D eigenvalue weighted by molar-refractivity contribution is -0.141. The number of benzene rings is 1. The lowest BCUT2D eigenvalue weighted by atomic mass is 10.1. The molecule has 90 valence electrons. The molecule has 1 aromatic carbocycles. The normalized spacial score (nSPS) is 19.8. The van der Waals surface area contributed by atoms with E-state index in [0.29, 0.717) is 10.7 Å². The Morgan fingerprint density at radius 1 is 1.53 bits per heavy atom. The topological polar surface area (TPSA) is 57.6 Å². The number of halogens is 2. The molecule has 6 heteroatoms. The maximum atomic E-state index is 11.7. The van der Waals surface area contributed by atoms with Crippen LogP contribution in [-0.2, 0) is 9.59 Å². The fourth-order valence-corrected chi connectivity index (χ4v) is 2.58. The van der Waals surface area contributed by atoms with Crippen molar-refractivity contribution in [3.63, 3.8) is 0 Å². The molecule has 1 heterocycles. The van der Waals surface area contributed by atoms with Gasteiger partial charge in [0.15, 0.2) is 0 Å². The number of anilines is 1. The van der Waals surface area contributed by atoms with Crippen LogP contribution in [0.4, 0.5) is 5.69 Å². The molecule has 1 unspecified atom stereocenters. The average Bonchev–Trinajstić information content (AvgIpc) is 2.61. The summed E-state index contributed by atoms with van der Waals surface area (Å²) < 4.78 is 0.813. The molecule has 1 amide bonds. The zero-order valence-corrected chi connectivity index (χ0v) is 11.0. The predicted octanol–water partition coefficient (Wildman–Crippen LogP) is 2.54. The van der Waals surface area contributed by atoms with Gasteiger partial charge in [-0.15, -0.1) is 0 Å². The number of aliphatic carboxylic acids is 1. The Hall–Kier alpha value is -1.07. The summed E-state index contributed by atoms with van der Waals surface area (Å²) in [4.78, 5) is 24.0. The quantitative estimate of drug-likeness (QED) is 0.911. The second-order valence-corrected chi connectivity index (χ2v) is 5.16. The van der Waals surface area contributed by atoms with Crippen molar-refractivity contribution in [2.45, 2.75) is 6.42 Å². The van der Waals surface area contributed by atoms with E-state index in [9.17, 15) is 9.59 Å². The summed E-state index contributed by atoms with van der Waals surface area (Å²) in [5, 5.41) is 9.32. The van der Waals surface area contributed by atoms with Crippen LogP contribution in [0.15, 0.2) is 22.7 Å². The number of hydrogen-bond donors (Lipinski definition) is 1. The van der Waals surface area contributed by atoms with E-state index in [-0.39, 0.29) is 18.9 Å². The van der Waals surface area contributed by atoms with Crippen LogP contribution in [0.25, 0.3) is 0 Å². The van der Waals surface area contributed by atoms with Crippen molar-refractivity contribution in [2.24, 2.45) is 5.92 Å². The maximum Gasteiger partial charge on any atom is 0.308 e. The van der Waals surface area contributed by atoms with Crippen LogP contribution < -0.4 is 4.90 Å². The molecule has 0 aliphatic carbocycles. The molecule has 0 radical (unpaired) electrons. The highest BCUT2D eigenvalue weighted by Crippen LogP contribution is 2.33. The van der Waals surface area contributed by atoms with E-state index in [0.717, 1.165) is 4.47 Å². The summed E-state index contributed by atoms with van der Waals surface area (Å²) >= 11 is 9.30. The van der Waals surface area contributed by atoms with Crippen molar-refractivity contribution in [3.05, 3.63) is 27.7 Å². The fourth-order valence-electron chi connectivity index (χ4n) is 1.81. The molecule has 1 aliphatic rings. The summed E-state index contributed by atoms with van der Waals surface area (Å²) in [6.07, 6.45) is 0.0295. The highest BCUT2D eigenvalue weighted by atomic mass is 79.9. The molecule has 0 bridgehead atoms. The van der Waals surface area contributed by atoms with Crippen LogP contribution in [0.3, 0.4) is 0 Å². The first kappa shape index (κ1) is 12.4. The molecule has 1 aliphatic heterocycles. The van der Waals surface area contributed by atoms with E-state index < -0.39 is 11.9 Å². The van der Waals surface area contributed by atoms with Gasteiger partial charge in [-0.3, -0.25) is 9.59 Å². The first-order valence-electron chi connectivity index (χ1n) is 4.97. The van der Waals surface area contributed by atoms with Crippen LogP contribution in [0.1, 0.15) is 6.42 Å². The van der Waals surface area contributed by atoms with Crippen molar-refractivity contribution in [1.82, 2.24) is 0 Å². The first-order valence-corrected chi connectivity index (χ1v) is 6.14. The lowest BCUT2D eigenvalue weighted by Gasteiger charge is -2.17. The third-order valence-corrected chi connectivity index (χ3v) is 3.47. The molecular weight excluding hydrogens is 309 g/mol. The summed E-state index contributed by atoms with van der Waals surface area (Å²) in [5.74, 6) is -1.81. The second-order valence-electron chi connectivity index (χ2n) is 3.84. The molecular formula is C11H9BrClNO3. The van der Waals surface area contributed by atoms with E-state index in [4.69, 9.17) is 16.7 Å². The fraction of sp³-hybridized carbons (Fsp3) is 0.273. The molecule has 1 fully saturated rings. The lowest BCUT2D eigenvalue weighted by Crippen LogP contribution is -2.26. The summed E-state index contributed by atoms with van der Waals surface area (Å²) in [5.41, 5.74) is 0.559. The third kappa shape index (κ3) is 2.45. The number of carbonyl (C=O) groups excluding carboxylic acids is 1. The molecule has 1 N–H and O–H groups in total. The minimum atomic E-state index is -0.950. The molecule has 17 heavy (non-hydrogen) atoms. The van der Waals surface area contributed by atoms with Gasteiger partial charge in [0.25, 0.3) is 0 Å². The van der Waals surface area contributed by atoms with Gasteiger partial charge >= 0.3 is 5.97 Å². The number of hydrogen-bond acceptors (Lipinski definition) is 2. The van der Waals surface area contributed by atoms with Gasteiger partial charge in [-0.05, 0) is 18.2 Å². The van der Waals surface area contributed by atoms with Gasteiger partial charge in [-0.25, -0.2) is 0 Å². The zero-order valence-electron chi connectivity index (χ0n) is 8.69. The van der Waals surface area contributed by atoms with Crippen LogP contribution in [0, 0.1) is 5.92 Å². The van der Waals surface area contributed by atoms with Gasteiger partial charge in [0.1, 0.15) is 0 Å². The van der Waals surface area contributed by atoms with E-state index in [2.05, 4.69) is 15.9 Å². The van der Waals surface area contributed by atoms with Gasteiger partial charge < -0.3 is 10.0 Å². The Balaban J connectivity index is 2.29. The van der Waals surface area contributed by atoms with Crippen LogP contribution in [0.2, 0.25) is 5.02 Å². The van der Waals surface area contributed by atoms with Crippen LogP contribution >= 0.6 is 27.5 Å². The van der Waals surface area contributed by atoms with E-state index in [1.165, 1.54) is 4.90 Å². The highest BCUT2D eigenvalue weighted by molar-refractivity contribution is 9.10. The number of rotatable bonds is 2. The largest absolute Gasteiger partial charge is 0.481 e. The molecule has 2 rings (SSSR count). The minimum absolute atomic E-state index is 0.0295.